The maximum absolute atomic E-state index is 13.9. The van der Waals surface area contributed by atoms with Crippen molar-refractivity contribution in [3.63, 3.8) is 0 Å². The first-order valence-corrected chi connectivity index (χ1v) is 6.73. The molecule has 0 atom stereocenters. The van der Waals surface area contributed by atoms with Crippen molar-refractivity contribution >= 4 is 0 Å². The summed E-state index contributed by atoms with van der Waals surface area (Å²) in [5.74, 6) is 0.0785. The van der Waals surface area contributed by atoms with Gasteiger partial charge >= 0.3 is 0 Å². The zero-order chi connectivity index (χ0) is 13.0. The molecule has 1 fully saturated rings. The van der Waals surface area contributed by atoms with Crippen molar-refractivity contribution in [1.82, 2.24) is 5.32 Å². The predicted molar refractivity (Wildman–Crippen MR) is 71.2 cm³/mol. The highest BCUT2D eigenvalue weighted by Crippen LogP contribution is 2.43. The van der Waals surface area contributed by atoms with Crippen LogP contribution in [0, 0.1) is 11.2 Å². The number of nitrogens with one attached hydrogen (secondary N) is 1. The third-order valence-electron chi connectivity index (χ3n) is 4.24. The third kappa shape index (κ3) is 2.66. The monoisotopic (exact) mass is 251 g/mol. The second-order valence-corrected chi connectivity index (χ2v) is 5.24. The zero-order valence-electron chi connectivity index (χ0n) is 11.3. The van der Waals surface area contributed by atoms with E-state index in [1.807, 2.05) is 12.1 Å². The van der Waals surface area contributed by atoms with E-state index in [0.717, 1.165) is 6.54 Å². The molecule has 1 aliphatic rings. The summed E-state index contributed by atoms with van der Waals surface area (Å²) in [6, 6.07) is 5.29. The van der Waals surface area contributed by atoms with Gasteiger partial charge in [-0.05, 0) is 30.7 Å². The van der Waals surface area contributed by atoms with Gasteiger partial charge < -0.3 is 10.1 Å². The minimum Gasteiger partial charge on any atom is -0.494 e. The van der Waals surface area contributed by atoms with Gasteiger partial charge in [-0.15, -0.1) is 0 Å². The number of benzene rings is 1. The van der Waals surface area contributed by atoms with Crippen molar-refractivity contribution in [3.05, 3.63) is 29.6 Å². The van der Waals surface area contributed by atoms with Crippen molar-refractivity contribution in [3.8, 4) is 5.75 Å². The first-order valence-electron chi connectivity index (χ1n) is 6.73. The fourth-order valence-corrected chi connectivity index (χ4v) is 2.64. The average molecular weight is 251 g/mol. The van der Waals surface area contributed by atoms with Crippen LogP contribution >= 0.6 is 0 Å². The minimum atomic E-state index is -0.244. The first-order chi connectivity index (χ1) is 8.71. The molecule has 0 heterocycles. The van der Waals surface area contributed by atoms with Gasteiger partial charge in [-0.25, -0.2) is 4.39 Å². The summed E-state index contributed by atoms with van der Waals surface area (Å²) in [5.41, 5.74) is 1.15. The Bertz CT molecular complexity index is 396. The molecule has 0 unspecified atom stereocenters. The summed E-state index contributed by atoms with van der Waals surface area (Å²) in [6.45, 7) is 3.80. The Hall–Kier alpha value is -1.09. The first kappa shape index (κ1) is 13.3. The molecule has 0 radical (unpaired) electrons. The lowest BCUT2D eigenvalue weighted by Gasteiger charge is -2.41. The number of methoxy groups -OCH3 is 1. The number of hydrogen-bond acceptors (Lipinski definition) is 2. The molecule has 3 heteroatoms. The van der Waals surface area contributed by atoms with E-state index >= 15 is 0 Å². The van der Waals surface area contributed by atoms with Gasteiger partial charge in [0, 0.05) is 18.7 Å². The molecule has 0 saturated heterocycles. The molecule has 1 N–H and O–H groups in total. The Labute approximate surface area is 109 Å². The maximum Gasteiger partial charge on any atom is 0.169 e. The quantitative estimate of drug-likeness (QED) is 0.835. The molecular formula is C15H22FNO. The van der Waals surface area contributed by atoms with Gasteiger partial charge in [-0.3, -0.25) is 0 Å². The number of hydrogen-bond donors (Lipinski definition) is 1. The lowest BCUT2D eigenvalue weighted by atomic mass is 9.67. The van der Waals surface area contributed by atoms with Crippen molar-refractivity contribution in [2.24, 2.45) is 5.41 Å². The molecule has 100 valence electrons. The van der Waals surface area contributed by atoms with Crippen LogP contribution in [0.1, 0.15) is 38.2 Å². The second-order valence-electron chi connectivity index (χ2n) is 5.24. The van der Waals surface area contributed by atoms with Gasteiger partial charge in [0.15, 0.2) is 11.6 Å². The minimum absolute atomic E-state index is 0.244. The van der Waals surface area contributed by atoms with Crippen LogP contribution in [0.2, 0.25) is 0 Å². The number of ether oxygens (including phenoxy) is 1. The molecule has 1 aliphatic carbocycles. The molecule has 0 spiro atoms. The molecule has 1 aromatic rings. The maximum atomic E-state index is 13.9. The summed E-state index contributed by atoms with van der Waals surface area (Å²) < 4.78 is 18.9. The van der Waals surface area contributed by atoms with Crippen molar-refractivity contribution in [2.45, 2.75) is 39.2 Å². The van der Waals surface area contributed by atoms with Crippen LogP contribution in [-0.2, 0) is 6.54 Å². The normalized spacial score (nSPS) is 17.3. The lowest BCUT2D eigenvalue weighted by molar-refractivity contribution is 0.123. The van der Waals surface area contributed by atoms with E-state index in [9.17, 15) is 4.39 Å². The van der Waals surface area contributed by atoms with Crippen molar-refractivity contribution in [2.75, 3.05) is 13.7 Å². The van der Waals surface area contributed by atoms with Gasteiger partial charge in [0.2, 0.25) is 0 Å². The number of rotatable bonds is 6. The summed E-state index contributed by atoms with van der Waals surface area (Å²) >= 11 is 0. The van der Waals surface area contributed by atoms with E-state index in [0.29, 0.717) is 23.3 Å². The molecule has 2 nitrogen and oxygen atoms in total. The highest BCUT2D eigenvalue weighted by molar-refractivity contribution is 5.30. The molecule has 0 bridgehead atoms. The van der Waals surface area contributed by atoms with E-state index in [-0.39, 0.29) is 5.82 Å². The Morgan fingerprint density at radius 2 is 2.17 bits per heavy atom. The van der Waals surface area contributed by atoms with Gasteiger partial charge in [-0.2, -0.15) is 0 Å². The summed E-state index contributed by atoms with van der Waals surface area (Å²) in [6.07, 6.45) is 5.15. The summed E-state index contributed by atoms with van der Waals surface area (Å²) in [5, 5.41) is 3.39. The second kappa shape index (κ2) is 5.70. The smallest absolute Gasteiger partial charge is 0.169 e. The number of halogens is 1. The molecule has 0 aromatic heterocycles. The largest absolute Gasteiger partial charge is 0.494 e. The Morgan fingerprint density at radius 3 is 2.72 bits per heavy atom. The standard InChI is InChI=1S/C15H22FNO/c1-3-15(8-5-9-15)11-17-10-12-6-4-7-13(18-2)14(12)16/h4,6-7,17H,3,5,8-11H2,1-2H3. The van der Waals surface area contributed by atoms with Crippen LogP contribution in [0.4, 0.5) is 4.39 Å². The topological polar surface area (TPSA) is 21.3 Å². The molecule has 0 amide bonds. The van der Waals surface area contributed by atoms with E-state index in [2.05, 4.69) is 12.2 Å². The SMILES string of the molecule is CCC1(CNCc2cccc(OC)c2F)CCC1. The van der Waals surface area contributed by atoms with Gasteiger partial charge in [0.1, 0.15) is 0 Å². The van der Waals surface area contributed by atoms with Crippen molar-refractivity contribution < 1.29 is 9.13 Å². The summed E-state index contributed by atoms with van der Waals surface area (Å²) in [4.78, 5) is 0. The summed E-state index contributed by atoms with van der Waals surface area (Å²) in [7, 11) is 1.50. The third-order valence-corrected chi connectivity index (χ3v) is 4.24. The fraction of sp³-hybridized carbons (Fsp3) is 0.600. The molecule has 18 heavy (non-hydrogen) atoms. The van der Waals surface area contributed by atoms with Gasteiger partial charge in [-0.1, -0.05) is 25.5 Å². The molecule has 2 rings (SSSR count). The molecule has 1 aromatic carbocycles. The van der Waals surface area contributed by atoms with Crippen LogP contribution in [0.5, 0.6) is 5.75 Å². The van der Waals surface area contributed by atoms with Crippen LogP contribution < -0.4 is 10.1 Å². The van der Waals surface area contributed by atoms with E-state index in [1.54, 1.807) is 6.07 Å². The van der Waals surface area contributed by atoms with E-state index in [4.69, 9.17) is 4.74 Å². The Morgan fingerprint density at radius 1 is 1.39 bits per heavy atom. The van der Waals surface area contributed by atoms with Crippen LogP contribution in [-0.4, -0.2) is 13.7 Å². The zero-order valence-corrected chi connectivity index (χ0v) is 11.3. The van der Waals surface area contributed by atoms with E-state index < -0.39 is 0 Å². The van der Waals surface area contributed by atoms with E-state index in [1.165, 1.54) is 32.8 Å². The van der Waals surface area contributed by atoms with Crippen molar-refractivity contribution in [1.29, 1.82) is 0 Å². The fourth-order valence-electron chi connectivity index (χ4n) is 2.64. The van der Waals surface area contributed by atoms with Gasteiger partial charge in [0.25, 0.3) is 0 Å². The average Bonchev–Trinajstić information content (AvgIpc) is 2.34. The van der Waals surface area contributed by atoms with Crippen LogP contribution in [0.3, 0.4) is 0 Å². The Balaban J connectivity index is 1.90. The molecular weight excluding hydrogens is 229 g/mol. The van der Waals surface area contributed by atoms with Crippen LogP contribution in [0.15, 0.2) is 18.2 Å². The van der Waals surface area contributed by atoms with Crippen LogP contribution in [0.25, 0.3) is 0 Å². The highest BCUT2D eigenvalue weighted by atomic mass is 19.1. The molecule has 1 saturated carbocycles. The van der Waals surface area contributed by atoms with Gasteiger partial charge in [0.05, 0.1) is 7.11 Å². The molecule has 0 aliphatic heterocycles. The Kier molecular flexibility index (Phi) is 4.23. The highest BCUT2D eigenvalue weighted by Gasteiger charge is 2.34. The lowest BCUT2D eigenvalue weighted by Crippen LogP contribution is -2.39. The predicted octanol–water partition coefficient (Wildman–Crippen LogP) is 3.50.